The number of halogens is 2. The minimum Gasteiger partial charge on any atom is -0.507 e. The van der Waals surface area contributed by atoms with Crippen molar-refractivity contribution in [2.45, 2.75) is 0 Å². The van der Waals surface area contributed by atoms with E-state index in [1.54, 1.807) is 30.3 Å². The highest BCUT2D eigenvalue weighted by Gasteiger charge is 2.11. The molecule has 0 bridgehead atoms. The second-order valence-electron chi connectivity index (χ2n) is 5.09. The fraction of sp³-hybridized carbons (Fsp3) is 0. The quantitative estimate of drug-likeness (QED) is 0.530. The molecule has 0 atom stereocenters. The smallest absolute Gasteiger partial charge is 0.275 e. The first kappa shape index (κ1) is 16.3. The van der Waals surface area contributed by atoms with Gasteiger partial charge in [-0.1, -0.05) is 53.5 Å². The van der Waals surface area contributed by atoms with Crippen molar-refractivity contribution in [3.8, 4) is 5.75 Å². The molecule has 0 heterocycles. The highest BCUT2D eigenvalue weighted by molar-refractivity contribution is 6.42. The van der Waals surface area contributed by atoms with Gasteiger partial charge in [0.15, 0.2) is 0 Å². The maximum atomic E-state index is 12.2. The zero-order valence-corrected chi connectivity index (χ0v) is 13.8. The van der Waals surface area contributed by atoms with Crippen molar-refractivity contribution >= 4 is 46.1 Å². The van der Waals surface area contributed by atoms with Crippen LogP contribution in [0.5, 0.6) is 5.75 Å². The van der Waals surface area contributed by atoms with Gasteiger partial charge in [0, 0.05) is 0 Å². The van der Waals surface area contributed by atoms with Crippen LogP contribution in [-0.2, 0) is 0 Å². The summed E-state index contributed by atoms with van der Waals surface area (Å²) in [6.45, 7) is 0. The van der Waals surface area contributed by atoms with Crippen molar-refractivity contribution in [2.75, 3.05) is 0 Å². The van der Waals surface area contributed by atoms with E-state index >= 15 is 0 Å². The van der Waals surface area contributed by atoms with Gasteiger partial charge in [-0.05, 0) is 40.6 Å². The number of nitrogens with zero attached hydrogens (tertiary/aromatic N) is 1. The van der Waals surface area contributed by atoms with Gasteiger partial charge < -0.3 is 5.11 Å². The van der Waals surface area contributed by atoms with Crippen molar-refractivity contribution in [1.82, 2.24) is 5.43 Å². The molecule has 3 rings (SSSR count). The topological polar surface area (TPSA) is 61.7 Å². The van der Waals surface area contributed by atoms with Gasteiger partial charge in [0.2, 0.25) is 0 Å². The molecule has 1 amide bonds. The molecule has 24 heavy (non-hydrogen) atoms. The van der Waals surface area contributed by atoms with Crippen LogP contribution in [0.1, 0.15) is 15.9 Å². The fourth-order valence-electron chi connectivity index (χ4n) is 2.23. The zero-order chi connectivity index (χ0) is 17.1. The zero-order valence-electron chi connectivity index (χ0n) is 12.3. The van der Waals surface area contributed by atoms with Crippen LogP contribution >= 0.6 is 23.2 Å². The van der Waals surface area contributed by atoms with E-state index in [1.807, 2.05) is 24.3 Å². The Bertz CT molecular complexity index is 955. The molecule has 0 aliphatic carbocycles. The number of carbonyl (C=O) groups excluding carboxylic acids is 1. The van der Waals surface area contributed by atoms with Crippen LogP contribution in [-0.4, -0.2) is 17.2 Å². The summed E-state index contributed by atoms with van der Waals surface area (Å²) < 4.78 is 0. The molecule has 0 aliphatic rings. The predicted octanol–water partition coefficient (Wildman–Crippen LogP) is 4.62. The third-order valence-electron chi connectivity index (χ3n) is 3.43. The van der Waals surface area contributed by atoms with Gasteiger partial charge in [-0.2, -0.15) is 5.10 Å². The standard InChI is InChI=1S/C18H12Cl2N2O2/c19-15-6-5-11(7-16(15)20)10-21-22-18(24)14-8-12-3-1-2-4-13(12)9-17(14)23/h1-10,23H,(H,22,24)/b21-10-. The minimum absolute atomic E-state index is 0.101. The lowest BCUT2D eigenvalue weighted by Gasteiger charge is -2.05. The van der Waals surface area contributed by atoms with E-state index in [4.69, 9.17) is 23.2 Å². The average Bonchev–Trinajstić information content (AvgIpc) is 2.57. The summed E-state index contributed by atoms with van der Waals surface area (Å²) in [5.41, 5.74) is 3.22. The largest absolute Gasteiger partial charge is 0.507 e. The van der Waals surface area contributed by atoms with Gasteiger partial charge in [-0.3, -0.25) is 4.79 Å². The number of phenols is 1. The van der Waals surface area contributed by atoms with Gasteiger partial charge in [0.05, 0.1) is 21.8 Å². The van der Waals surface area contributed by atoms with Crippen LogP contribution in [0.15, 0.2) is 59.7 Å². The summed E-state index contributed by atoms with van der Waals surface area (Å²) >= 11 is 11.7. The average molecular weight is 359 g/mol. The number of nitrogens with one attached hydrogen (secondary N) is 1. The Hall–Kier alpha value is -2.56. The number of rotatable bonds is 3. The Balaban J connectivity index is 1.78. The van der Waals surface area contributed by atoms with Gasteiger partial charge in [0.25, 0.3) is 5.91 Å². The highest BCUT2D eigenvalue weighted by Crippen LogP contribution is 2.25. The molecule has 0 aromatic heterocycles. The second kappa shape index (κ2) is 6.91. The molecule has 0 spiro atoms. The van der Waals surface area contributed by atoms with Crippen molar-refractivity contribution < 1.29 is 9.90 Å². The Morgan fingerprint density at radius 1 is 1.00 bits per heavy atom. The summed E-state index contributed by atoms with van der Waals surface area (Å²) in [7, 11) is 0. The number of carbonyl (C=O) groups is 1. The third kappa shape index (κ3) is 3.50. The van der Waals surface area contributed by atoms with Crippen LogP contribution in [0.4, 0.5) is 0 Å². The SMILES string of the molecule is O=C(N/N=C\c1ccc(Cl)c(Cl)c1)c1cc2ccccc2cc1O. The number of fused-ring (bicyclic) bond motifs is 1. The molecule has 0 unspecified atom stereocenters. The fourth-order valence-corrected chi connectivity index (χ4v) is 2.54. The Labute approximate surface area is 148 Å². The van der Waals surface area contributed by atoms with Gasteiger partial charge in [-0.25, -0.2) is 5.43 Å². The molecule has 0 saturated carbocycles. The van der Waals surface area contributed by atoms with E-state index in [2.05, 4.69) is 10.5 Å². The van der Waals surface area contributed by atoms with Crippen LogP contribution in [0.3, 0.4) is 0 Å². The molecular weight excluding hydrogens is 347 g/mol. The number of hydrazone groups is 1. The predicted molar refractivity (Wildman–Crippen MR) is 97.1 cm³/mol. The Morgan fingerprint density at radius 3 is 2.42 bits per heavy atom. The molecule has 3 aromatic rings. The van der Waals surface area contributed by atoms with Crippen molar-refractivity contribution in [3.63, 3.8) is 0 Å². The molecule has 6 heteroatoms. The molecule has 4 nitrogen and oxygen atoms in total. The number of phenolic OH excluding ortho intramolecular Hbond substituents is 1. The number of hydrogen-bond donors (Lipinski definition) is 2. The minimum atomic E-state index is -0.505. The summed E-state index contributed by atoms with van der Waals surface area (Å²) in [6, 6.07) is 15.6. The Kier molecular flexibility index (Phi) is 4.69. The molecular formula is C18H12Cl2N2O2. The van der Waals surface area contributed by atoms with Crippen molar-refractivity contribution in [3.05, 3.63) is 75.8 Å². The first-order chi connectivity index (χ1) is 11.5. The molecule has 0 radical (unpaired) electrons. The van der Waals surface area contributed by atoms with E-state index < -0.39 is 5.91 Å². The lowest BCUT2D eigenvalue weighted by atomic mass is 10.1. The summed E-state index contributed by atoms with van der Waals surface area (Å²) in [5.74, 6) is -0.606. The second-order valence-corrected chi connectivity index (χ2v) is 5.90. The van der Waals surface area contributed by atoms with E-state index in [-0.39, 0.29) is 11.3 Å². The van der Waals surface area contributed by atoms with Crippen LogP contribution in [0.2, 0.25) is 10.0 Å². The molecule has 2 N–H and O–H groups in total. The maximum Gasteiger partial charge on any atom is 0.275 e. The van der Waals surface area contributed by atoms with E-state index in [1.165, 1.54) is 6.21 Å². The number of hydrogen-bond acceptors (Lipinski definition) is 3. The summed E-state index contributed by atoms with van der Waals surface area (Å²) in [4.78, 5) is 12.2. The first-order valence-corrected chi connectivity index (χ1v) is 7.80. The van der Waals surface area contributed by atoms with E-state index in [9.17, 15) is 9.90 Å². The lowest BCUT2D eigenvalue weighted by Crippen LogP contribution is -2.17. The van der Waals surface area contributed by atoms with E-state index in [0.717, 1.165) is 10.8 Å². The molecule has 0 aliphatic heterocycles. The molecule has 3 aromatic carbocycles. The highest BCUT2D eigenvalue weighted by atomic mass is 35.5. The number of aromatic hydroxyl groups is 1. The first-order valence-electron chi connectivity index (χ1n) is 7.05. The van der Waals surface area contributed by atoms with Crippen LogP contribution < -0.4 is 5.43 Å². The van der Waals surface area contributed by atoms with Gasteiger partial charge in [0.1, 0.15) is 5.75 Å². The van der Waals surface area contributed by atoms with Crippen molar-refractivity contribution in [1.29, 1.82) is 0 Å². The maximum absolute atomic E-state index is 12.2. The monoisotopic (exact) mass is 358 g/mol. The van der Waals surface area contributed by atoms with Gasteiger partial charge >= 0.3 is 0 Å². The van der Waals surface area contributed by atoms with Crippen LogP contribution in [0.25, 0.3) is 10.8 Å². The number of amides is 1. The summed E-state index contributed by atoms with van der Waals surface area (Å²) in [5, 5.41) is 16.4. The van der Waals surface area contributed by atoms with Crippen LogP contribution in [0, 0.1) is 0 Å². The molecule has 120 valence electrons. The Morgan fingerprint density at radius 2 is 1.71 bits per heavy atom. The lowest BCUT2D eigenvalue weighted by molar-refractivity contribution is 0.0952. The molecule has 0 saturated heterocycles. The normalized spacial score (nSPS) is 11.1. The van der Waals surface area contributed by atoms with Crippen molar-refractivity contribution in [2.24, 2.45) is 5.10 Å². The number of benzene rings is 3. The molecule has 0 fully saturated rings. The van der Waals surface area contributed by atoms with E-state index in [0.29, 0.717) is 15.6 Å². The summed E-state index contributed by atoms with van der Waals surface area (Å²) in [6.07, 6.45) is 1.44. The van der Waals surface area contributed by atoms with Gasteiger partial charge in [-0.15, -0.1) is 0 Å². The third-order valence-corrected chi connectivity index (χ3v) is 4.17.